The Bertz CT molecular complexity index is 1330. The van der Waals surface area contributed by atoms with Gasteiger partial charge in [-0.3, -0.25) is 14.9 Å². The second-order valence-electron chi connectivity index (χ2n) is 7.85. The Labute approximate surface area is 213 Å². The zero-order valence-corrected chi connectivity index (χ0v) is 21.6. The van der Waals surface area contributed by atoms with Crippen molar-refractivity contribution in [2.75, 3.05) is 4.90 Å². The van der Waals surface area contributed by atoms with Gasteiger partial charge in [-0.1, -0.05) is 46.3 Å². The van der Waals surface area contributed by atoms with Gasteiger partial charge >= 0.3 is 6.03 Å². The summed E-state index contributed by atoms with van der Waals surface area (Å²) in [6.07, 6.45) is 1.46. The van der Waals surface area contributed by atoms with E-state index in [0.717, 1.165) is 26.1 Å². The van der Waals surface area contributed by atoms with E-state index in [4.69, 9.17) is 4.74 Å². The largest absolute Gasteiger partial charge is 0.488 e. The molecule has 1 heterocycles. The summed E-state index contributed by atoms with van der Waals surface area (Å²) in [7, 11) is 0. The number of ether oxygens (including phenoxy) is 1. The average molecular weight is 584 g/mol. The molecule has 0 spiro atoms. The number of amides is 4. The van der Waals surface area contributed by atoms with Crippen molar-refractivity contribution in [1.82, 2.24) is 5.32 Å². The van der Waals surface area contributed by atoms with E-state index in [-0.39, 0.29) is 5.57 Å². The smallest absolute Gasteiger partial charge is 0.335 e. The number of benzene rings is 3. The van der Waals surface area contributed by atoms with E-state index < -0.39 is 17.8 Å². The highest BCUT2D eigenvalue weighted by molar-refractivity contribution is 9.10. The number of carbonyl (C=O) groups excluding carboxylic acids is 3. The Morgan fingerprint density at radius 2 is 1.68 bits per heavy atom. The van der Waals surface area contributed by atoms with Crippen LogP contribution in [0.4, 0.5) is 10.5 Å². The minimum Gasteiger partial charge on any atom is -0.488 e. The van der Waals surface area contributed by atoms with Crippen molar-refractivity contribution in [1.29, 1.82) is 0 Å². The minimum atomic E-state index is -0.765. The van der Waals surface area contributed by atoms with Gasteiger partial charge in [-0.25, -0.2) is 9.69 Å². The van der Waals surface area contributed by atoms with Crippen LogP contribution in [-0.2, 0) is 16.2 Å². The van der Waals surface area contributed by atoms with Gasteiger partial charge in [0.25, 0.3) is 11.8 Å². The maximum Gasteiger partial charge on any atom is 0.335 e. The Hall–Kier alpha value is -3.23. The lowest BCUT2D eigenvalue weighted by atomic mass is 10.0. The second kappa shape index (κ2) is 9.95. The molecule has 8 heteroatoms. The lowest BCUT2D eigenvalue weighted by molar-refractivity contribution is -0.122. The number of nitrogens with zero attached hydrogens (tertiary/aromatic N) is 1. The van der Waals surface area contributed by atoms with Crippen molar-refractivity contribution < 1.29 is 19.1 Å². The molecule has 1 aliphatic rings. The summed E-state index contributed by atoms with van der Waals surface area (Å²) < 4.78 is 7.55. The summed E-state index contributed by atoms with van der Waals surface area (Å²) in [4.78, 5) is 39.2. The van der Waals surface area contributed by atoms with Crippen LogP contribution in [0.5, 0.6) is 5.75 Å². The highest BCUT2D eigenvalue weighted by atomic mass is 79.9. The highest BCUT2D eigenvalue weighted by Crippen LogP contribution is 2.30. The van der Waals surface area contributed by atoms with Gasteiger partial charge in [0.15, 0.2) is 0 Å². The van der Waals surface area contributed by atoms with Crippen LogP contribution >= 0.6 is 31.9 Å². The Kier molecular flexibility index (Phi) is 7.00. The Morgan fingerprint density at radius 1 is 0.941 bits per heavy atom. The number of urea groups is 1. The number of halogens is 2. The molecular formula is C26H20Br2N2O4. The van der Waals surface area contributed by atoms with E-state index in [0.29, 0.717) is 28.1 Å². The number of anilines is 1. The van der Waals surface area contributed by atoms with E-state index in [9.17, 15) is 14.4 Å². The standard InChI is InChI=1S/C26H20Br2N2O4/c1-15-3-4-16(2)22(11-15)30-25(32)20(24(31)29-26(30)33)12-18-7-10-23(21(28)13-18)34-14-17-5-8-19(27)9-6-17/h3-13H,14H2,1-2H3,(H,29,31,33)/b20-12+. The lowest BCUT2D eigenvalue weighted by Gasteiger charge is -2.27. The van der Waals surface area contributed by atoms with Crippen molar-refractivity contribution in [3.8, 4) is 5.75 Å². The first-order valence-electron chi connectivity index (χ1n) is 10.4. The van der Waals surface area contributed by atoms with Gasteiger partial charge in [-0.2, -0.15) is 0 Å². The molecule has 3 aromatic rings. The molecule has 0 radical (unpaired) electrons. The molecule has 0 saturated carbocycles. The summed E-state index contributed by atoms with van der Waals surface area (Å²) >= 11 is 6.90. The van der Waals surface area contributed by atoms with E-state index in [1.165, 1.54) is 6.08 Å². The van der Waals surface area contributed by atoms with Gasteiger partial charge < -0.3 is 4.74 Å². The predicted octanol–water partition coefficient (Wildman–Crippen LogP) is 6.07. The summed E-state index contributed by atoms with van der Waals surface area (Å²) in [5.41, 5.74) is 3.58. The number of hydrogen-bond donors (Lipinski definition) is 1. The fraction of sp³-hybridized carbons (Fsp3) is 0.115. The molecule has 0 aliphatic carbocycles. The number of carbonyl (C=O) groups is 3. The maximum absolute atomic E-state index is 13.2. The molecule has 1 saturated heterocycles. The Morgan fingerprint density at radius 3 is 2.38 bits per heavy atom. The van der Waals surface area contributed by atoms with Crippen LogP contribution in [0.2, 0.25) is 0 Å². The topological polar surface area (TPSA) is 75.7 Å². The van der Waals surface area contributed by atoms with Crippen molar-refractivity contribution in [3.63, 3.8) is 0 Å². The summed E-state index contributed by atoms with van der Waals surface area (Å²) in [5, 5.41) is 2.26. The molecule has 3 aromatic carbocycles. The average Bonchev–Trinajstić information content (AvgIpc) is 2.79. The number of rotatable bonds is 5. The van der Waals surface area contributed by atoms with E-state index in [2.05, 4.69) is 37.2 Å². The molecular weight excluding hydrogens is 564 g/mol. The molecule has 1 N–H and O–H groups in total. The number of aryl methyl sites for hydroxylation is 2. The van der Waals surface area contributed by atoms with Gasteiger partial charge in [0.2, 0.25) is 0 Å². The van der Waals surface area contributed by atoms with Crippen LogP contribution in [0, 0.1) is 13.8 Å². The molecule has 0 aromatic heterocycles. The summed E-state index contributed by atoms with van der Waals surface area (Å²) in [5.74, 6) is -0.783. The van der Waals surface area contributed by atoms with Crippen LogP contribution in [0.15, 0.2) is 75.2 Å². The number of nitrogens with one attached hydrogen (secondary N) is 1. The van der Waals surface area contributed by atoms with E-state index in [1.807, 2.05) is 43.3 Å². The first-order valence-corrected chi connectivity index (χ1v) is 12.0. The zero-order valence-electron chi connectivity index (χ0n) is 18.4. The fourth-order valence-corrected chi connectivity index (χ4v) is 4.24. The maximum atomic E-state index is 13.2. The van der Waals surface area contributed by atoms with Crippen LogP contribution < -0.4 is 15.0 Å². The van der Waals surface area contributed by atoms with Crippen LogP contribution in [0.3, 0.4) is 0 Å². The molecule has 1 aliphatic heterocycles. The second-order valence-corrected chi connectivity index (χ2v) is 9.62. The fourth-order valence-electron chi connectivity index (χ4n) is 3.47. The first kappa shape index (κ1) is 23.9. The van der Waals surface area contributed by atoms with Crippen LogP contribution in [0.25, 0.3) is 6.08 Å². The number of imide groups is 2. The van der Waals surface area contributed by atoms with Crippen molar-refractivity contribution in [3.05, 3.63) is 97.4 Å². The molecule has 0 bridgehead atoms. The molecule has 0 unspecified atom stereocenters. The molecule has 6 nitrogen and oxygen atoms in total. The molecule has 1 fully saturated rings. The van der Waals surface area contributed by atoms with Crippen LogP contribution in [-0.4, -0.2) is 17.8 Å². The minimum absolute atomic E-state index is 0.129. The van der Waals surface area contributed by atoms with E-state index in [1.54, 1.807) is 31.2 Å². The third-order valence-corrected chi connectivity index (χ3v) is 6.43. The monoisotopic (exact) mass is 582 g/mol. The molecule has 34 heavy (non-hydrogen) atoms. The quantitative estimate of drug-likeness (QED) is 0.292. The summed E-state index contributed by atoms with van der Waals surface area (Å²) in [6.45, 7) is 4.06. The third-order valence-electron chi connectivity index (χ3n) is 5.28. The molecule has 0 atom stereocenters. The highest BCUT2D eigenvalue weighted by Gasteiger charge is 2.37. The number of barbiturate groups is 1. The summed E-state index contributed by atoms with van der Waals surface area (Å²) in [6, 6.07) is 17.8. The first-order chi connectivity index (χ1) is 16.2. The third kappa shape index (κ3) is 5.13. The molecule has 4 amide bonds. The van der Waals surface area contributed by atoms with Crippen molar-refractivity contribution in [2.24, 2.45) is 0 Å². The van der Waals surface area contributed by atoms with Crippen molar-refractivity contribution in [2.45, 2.75) is 20.5 Å². The van der Waals surface area contributed by atoms with Gasteiger partial charge in [0.1, 0.15) is 17.9 Å². The number of hydrogen-bond acceptors (Lipinski definition) is 4. The SMILES string of the molecule is Cc1ccc(C)c(N2C(=O)NC(=O)/C(=C\c3ccc(OCc4ccc(Br)cc4)c(Br)c3)C2=O)c1. The van der Waals surface area contributed by atoms with Crippen molar-refractivity contribution >= 4 is 61.5 Å². The van der Waals surface area contributed by atoms with Gasteiger partial charge in [-0.15, -0.1) is 0 Å². The molecule has 172 valence electrons. The van der Waals surface area contributed by atoms with Gasteiger partial charge in [0, 0.05) is 4.47 Å². The van der Waals surface area contributed by atoms with Gasteiger partial charge in [-0.05, 0) is 88.4 Å². The molecule has 4 rings (SSSR count). The zero-order chi connectivity index (χ0) is 24.4. The predicted molar refractivity (Wildman–Crippen MR) is 138 cm³/mol. The normalized spacial score (nSPS) is 15.0. The van der Waals surface area contributed by atoms with E-state index >= 15 is 0 Å². The lowest BCUT2D eigenvalue weighted by Crippen LogP contribution is -2.54. The Balaban J connectivity index is 1.58. The van der Waals surface area contributed by atoms with Crippen LogP contribution in [0.1, 0.15) is 22.3 Å². The van der Waals surface area contributed by atoms with Gasteiger partial charge in [0.05, 0.1) is 10.2 Å².